The lowest BCUT2D eigenvalue weighted by molar-refractivity contribution is 0.388. The van der Waals surface area contributed by atoms with E-state index in [4.69, 9.17) is 4.74 Å². The Balaban J connectivity index is 2.46. The van der Waals surface area contributed by atoms with Crippen molar-refractivity contribution >= 4 is 0 Å². The molecule has 1 unspecified atom stereocenters. The summed E-state index contributed by atoms with van der Waals surface area (Å²) in [7, 11) is 3.41. The molecule has 100 valence electrons. The number of methoxy groups -OCH3 is 1. The Morgan fingerprint density at radius 3 is 2.74 bits per heavy atom. The van der Waals surface area contributed by atoms with Crippen LogP contribution in [0.15, 0.2) is 36.5 Å². The Labute approximate surface area is 112 Å². The Morgan fingerprint density at radius 1 is 1.32 bits per heavy atom. The monoisotopic (exact) mass is 260 g/mol. The second kappa shape index (κ2) is 5.80. The van der Waals surface area contributed by atoms with Crippen molar-refractivity contribution in [2.75, 3.05) is 14.2 Å². The van der Waals surface area contributed by atoms with E-state index in [1.165, 1.54) is 0 Å². The molecule has 0 aliphatic heterocycles. The third kappa shape index (κ3) is 2.74. The van der Waals surface area contributed by atoms with Gasteiger partial charge in [0.2, 0.25) is 5.88 Å². The molecule has 0 aliphatic carbocycles. The first kappa shape index (κ1) is 13.5. The minimum absolute atomic E-state index is 0.154. The summed E-state index contributed by atoms with van der Waals surface area (Å²) < 4.78 is 19.0. The number of nitrogens with one attached hydrogen (secondary N) is 1. The molecule has 0 saturated carbocycles. The van der Waals surface area contributed by atoms with Gasteiger partial charge in [-0.25, -0.2) is 9.37 Å². The van der Waals surface area contributed by atoms with Crippen LogP contribution in [0.1, 0.15) is 22.7 Å². The molecule has 1 heterocycles. The standard InChI is InChI=1S/C15H17FN2O/c1-10-6-7-11(9-13(10)16)14(17-2)12-5-4-8-18-15(12)19-3/h4-9,14,17H,1-3H3. The predicted molar refractivity (Wildman–Crippen MR) is 72.8 cm³/mol. The van der Waals surface area contributed by atoms with Gasteiger partial charge in [0, 0.05) is 11.8 Å². The van der Waals surface area contributed by atoms with Gasteiger partial charge in [0.15, 0.2) is 0 Å². The number of nitrogens with zero attached hydrogens (tertiary/aromatic N) is 1. The van der Waals surface area contributed by atoms with Crippen LogP contribution >= 0.6 is 0 Å². The van der Waals surface area contributed by atoms with Gasteiger partial charge in [0.05, 0.1) is 13.2 Å². The first-order valence-electron chi connectivity index (χ1n) is 6.09. The van der Waals surface area contributed by atoms with E-state index < -0.39 is 0 Å². The highest BCUT2D eigenvalue weighted by molar-refractivity contribution is 5.38. The average Bonchev–Trinajstić information content (AvgIpc) is 2.44. The van der Waals surface area contributed by atoms with Gasteiger partial charge >= 0.3 is 0 Å². The minimum atomic E-state index is -0.208. The Bertz CT molecular complexity index is 572. The molecule has 3 nitrogen and oxygen atoms in total. The molecule has 0 spiro atoms. The van der Waals surface area contributed by atoms with Crippen LogP contribution in [-0.2, 0) is 0 Å². The number of halogens is 1. The Morgan fingerprint density at radius 2 is 2.11 bits per heavy atom. The molecule has 0 bridgehead atoms. The highest BCUT2D eigenvalue weighted by Crippen LogP contribution is 2.28. The molecular formula is C15H17FN2O. The molecule has 0 saturated heterocycles. The fraction of sp³-hybridized carbons (Fsp3) is 0.267. The molecule has 0 amide bonds. The maximum absolute atomic E-state index is 13.7. The van der Waals surface area contributed by atoms with Crippen molar-refractivity contribution in [2.24, 2.45) is 0 Å². The zero-order chi connectivity index (χ0) is 13.8. The van der Waals surface area contributed by atoms with E-state index in [2.05, 4.69) is 10.3 Å². The van der Waals surface area contributed by atoms with E-state index in [0.29, 0.717) is 11.4 Å². The third-order valence-corrected chi connectivity index (χ3v) is 3.12. The number of rotatable bonds is 4. The first-order chi connectivity index (χ1) is 9.17. The average molecular weight is 260 g/mol. The van der Waals surface area contributed by atoms with Crippen LogP contribution in [-0.4, -0.2) is 19.1 Å². The molecule has 4 heteroatoms. The summed E-state index contributed by atoms with van der Waals surface area (Å²) in [5, 5.41) is 3.17. The second-order valence-corrected chi connectivity index (χ2v) is 4.33. The van der Waals surface area contributed by atoms with Crippen LogP contribution in [0.4, 0.5) is 4.39 Å². The van der Waals surface area contributed by atoms with E-state index in [0.717, 1.165) is 11.1 Å². The number of aryl methyl sites for hydroxylation is 1. The van der Waals surface area contributed by atoms with Gasteiger partial charge in [-0.15, -0.1) is 0 Å². The Kier molecular flexibility index (Phi) is 4.12. The summed E-state index contributed by atoms with van der Waals surface area (Å²) in [4.78, 5) is 4.18. The zero-order valence-corrected chi connectivity index (χ0v) is 11.3. The molecule has 1 aromatic heterocycles. The lowest BCUT2D eigenvalue weighted by Gasteiger charge is -2.19. The maximum atomic E-state index is 13.7. The smallest absolute Gasteiger partial charge is 0.218 e. The van der Waals surface area contributed by atoms with E-state index in [1.54, 1.807) is 32.4 Å². The second-order valence-electron chi connectivity index (χ2n) is 4.33. The lowest BCUT2D eigenvalue weighted by atomic mass is 9.98. The molecule has 1 N–H and O–H groups in total. The largest absolute Gasteiger partial charge is 0.481 e. The zero-order valence-electron chi connectivity index (χ0n) is 11.3. The fourth-order valence-corrected chi connectivity index (χ4v) is 2.08. The summed E-state index contributed by atoms with van der Waals surface area (Å²) in [5.41, 5.74) is 2.37. The van der Waals surface area contributed by atoms with Crippen LogP contribution in [0.3, 0.4) is 0 Å². The van der Waals surface area contributed by atoms with Crippen LogP contribution in [0.5, 0.6) is 5.88 Å². The SMILES string of the molecule is CNC(c1ccc(C)c(F)c1)c1cccnc1OC. The van der Waals surface area contributed by atoms with Crippen LogP contribution in [0.25, 0.3) is 0 Å². The van der Waals surface area contributed by atoms with E-state index >= 15 is 0 Å². The third-order valence-electron chi connectivity index (χ3n) is 3.12. The number of hydrogen-bond donors (Lipinski definition) is 1. The van der Waals surface area contributed by atoms with Gasteiger partial charge in [-0.1, -0.05) is 18.2 Å². The summed E-state index contributed by atoms with van der Waals surface area (Å²) >= 11 is 0. The summed E-state index contributed by atoms with van der Waals surface area (Å²) in [6.45, 7) is 1.75. The molecule has 0 aliphatic rings. The van der Waals surface area contributed by atoms with Crippen LogP contribution in [0, 0.1) is 12.7 Å². The van der Waals surface area contributed by atoms with Gasteiger partial charge < -0.3 is 10.1 Å². The van der Waals surface area contributed by atoms with Crippen molar-refractivity contribution in [1.29, 1.82) is 0 Å². The number of benzene rings is 1. The van der Waals surface area contributed by atoms with Crippen molar-refractivity contribution in [3.63, 3.8) is 0 Å². The van der Waals surface area contributed by atoms with Crippen LogP contribution in [0.2, 0.25) is 0 Å². The number of ether oxygens (including phenoxy) is 1. The summed E-state index contributed by atoms with van der Waals surface area (Å²) in [6, 6.07) is 8.84. The first-order valence-corrected chi connectivity index (χ1v) is 6.09. The van der Waals surface area contributed by atoms with Crippen molar-refractivity contribution in [3.8, 4) is 5.88 Å². The lowest BCUT2D eigenvalue weighted by Crippen LogP contribution is -2.19. The number of pyridine rings is 1. The number of aromatic nitrogens is 1. The number of hydrogen-bond acceptors (Lipinski definition) is 3. The van der Waals surface area contributed by atoms with E-state index in [9.17, 15) is 4.39 Å². The maximum Gasteiger partial charge on any atom is 0.218 e. The van der Waals surface area contributed by atoms with Gasteiger partial charge in [-0.3, -0.25) is 0 Å². The molecule has 0 radical (unpaired) electrons. The topological polar surface area (TPSA) is 34.2 Å². The predicted octanol–water partition coefficient (Wildman–Crippen LogP) is 2.85. The molecule has 0 fully saturated rings. The minimum Gasteiger partial charge on any atom is -0.481 e. The van der Waals surface area contributed by atoms with E-state index in [-0.39, 0.29) is 11.9 Å². The van der Waals surface area contributed by atoms with Gasteiger partial charge in [0.1, 0.15) is 5.82 Å². The quantitative estimate of drug-likeness (QED) is 0.918. The normalized spacial score (nSPS) is 12.2. The van der Waals surface area contributed by atoms with Crippen molar-refractivity contribution in [1.82, 2.24) is 10.3 Å². The van der Waals surface area contributed by atoms with E-state index in [1.807, 2.05) is 25.2 Å². The van der Waals surface area contributed by atoms with Crippen molar-refractivity contribution < 1.29 is 9.13 Å². The highest BCUT2D eigenvalue weighted by Gasteiger charge is 2.17. The van der Waals surface area contributed by atoms with Gasteiger partial charge in [-0.2, -0.15) is 0 Å². The van der Waals surface area contributed by atoms with Crippen molar-refractivity contribution in [3.05, 3.63) is 59.0 Å². The molecule has 1 aromatic carbocycles. The van der Waals surface area contributed by atoms with Gasteiger partial charge in [0.25, 0.3) is 0 Å². The van der Waals surface area contributed by atoms with Gasteiger partial charge in [-0.05, 0) is 37.2 Å². The summed E-state index contributed by atoms with van der Waals surface area (Å²) in [5.74, 6) is 0.337. The fourth-order valence-electron chi connectivity index (χ4n) is 2.08. The van der Waals surface area contributed by atoms with Crippen LogP contribution < -0.4 is 10.1 Å². The molecule has 1 atom stereocenters. The highest BCUT2D eigenvalue weighted by atomic mass is 19.1. The molecule has 2 aromatic rings. The van der Waals surface area contributed by atoms with Crippen molar-refractivity contribution in [2.45, 2.75) is 13.0 Å². The summed E-state index contributed by atoms with van der Waals surface area (Å²) in [6.07, 6.45) is 1.67. The molecule has 19 heavy (non-hydrogen) atoms. The Hall–Kier alpha value is -1.94. The molecular weight excluding hydrogens is 243 g/mol. The molecule has 2 rings (SSSR count).